The largest absolute Gasteiger partial charge is 0.494 e. The number of aryl methyl sites for hydroxylation is 2. The van der Waals surface area contributed by atoms with E-state index in [0.29, 0.717) is 19.8 Å². The highest BCUT2D eigenvalue weighted by molar-refractivity contribution is 14.0. The minimum Gasteiger partial charge on any atom is -0.494 e. The van der Waals surface area contributed by atoms with E-state index in [4.69, 9.17) is 14.5 Å². The topological polar surface area (TPSA) is 85.6 Å². The fourth-order valence-corrected chi connectivity index (χ4v) is 3.48. The van der Waals surface area contributed by atoms with Gasteiger partial charge in [0.1, 0.15) is 18.2 Å². The van der Waals surface area contributed by atoms with Gasteiger partial charge >= 0.3 is 0 Å². The van der Waals surface area contributed by atoms with E-state index in [2.05, 4.69) is 46.7 Å². The lowest BCUT2D eigenvalue weighted by atomic mass is 10.1. The molecular formula is C21H33IN6O2. The standard InChI is InChI=1S/C21H32N6O2.HI/c1-5-22-21(23-12-16-7-9-18(29-6-2)15(3)11-16)24-17-8-10-20-25-19(14-28-4)26-27(20)13-17;/h7,9,11,17H,5-6,8,10,12-14H2,1-4H3,(H2,22,23,24);1H. The molecule has 0 saturated carbocycles. The fourth-order valence-electron chi connectivity index (χ4n) is 3.48. The van der Waals surface area contributed by atoms with Crippen LogP contribution < -0.4 is 15.4 Å². The molecule has 30 heavy (non-hydrogen) atoms. The zero-order chi connectivity index (χ0) is 20.6. The van der Waals surface area contributed by atoms with Crippen LogP contribution in [-0.2, 0) is 30.9 Å². The number of benzene rings is 1. The van der Waals surface area contributed by atoms with E-state index in [9.17, 15) is 0 Å². The van der Waals surface area contributed by atoms with Crippen molar-refractivity contribution < 1.29 is 9.47 Å². The Morgan fingerprint density at radius 2 is 2.17 bits per heavy atom. The van der Waals surface area contributed by atoms with Gasteiger partial charge in [0.2, 0.25) is 0 Å². The number of rotatable bonds is 8. The summed E-state index contributed by atoms with van der Waals surface area (Å²) < 4.78 is 12.7. The maximum atomic E-state index is 5.62. The van der Waals surface area contributed by atoms with Crippen molar-refractivity contribution in [1.29, 1.82) is 0 Å². The average molecular weight is 528 g/mol. The summed E-state index contributed by atoms with van der Waals surface area (Å²) in [4.78, 5) is 9.31. The number of hydrogen-bond acceptors (Lipinski definition) is 5. The molecule has 1 aromatic carbocycles. The molecule has 1 aliphatic heterocycles. The number of aromatic nitrogens is 3. The predicted molar refractivity (Wildman–Crippen MR) is 129 cm³/mol. The van der Waals surface area contributed by atoms with Gasteiger partial charge in [0, 0.05) is 26.1 Å². The van der Waals surface area contributed by atoms with Crippen molar-refractivity contribution in [3.05, 3.63) is 41.0 Å². The van der Waals surface area contributed by atoms with Crippen molar-refractivity contribution in [1.82, 2.24) is 25.4 Å². The second-order valence-electron chi connectivity index (χ2n) is 7.17. The van der Waals surface area contributed by atoms with Gasteiger partial charge in [-0.25, -0.2) is 14.7 Å². The summed E-state index contributed by atoms with van der Waals surface area (Å²) in [5.74, 6) is 3.53. The van der Waals surface area contributed by atoms with E-state index in [1.54, 1.807) is 7.11 Å². The van der Waals surface area contributed by atoms with Crippen molar-refractivity contribution in [3.63, 3.8) is 0 Å². The van der Waals surface area contributed by atoms with Crippen LogP contribution in [0.15, 0.2) is 23.2 Å². The van der Waals surface area contributed by atoms with Crippen LogP contribution >= 0.6 is 24.0 Å². The molecule has 0 radical (unpaired) electrons. The summed E-state index contributed by atoms with van der Waals surface area (Å²) in [6, 6.07) is 6.50. The third-order valence-corrected chi connectivity index (χ3v) is 4.82. The highest BCUT2D eigenvalue weighted by Gasteiger charge is 2.22. The number of halogens is 1. The second-order valence-corrected chi connectivity index (χ2v) is 7.17. The molecule has 166 valence electrons. The van der Waals surface area contributed by atoms with Gasteiger partial charge in [-0.2, -0.15) is 5.10 Å². The molecule has 0 aliphatic carbocycles. The molecule has 0 saturated heterocycles. The van der Waals surface area contributed by atoms with Gasteiger partial charge in [-0.05, 0) is 44.4 Å². The first-order chi connectivity index (χ1) is 14.1. The van der Waals surface area contributed by atoms with E-state index in [1.165, 1.54) is 0 Å². The lowest BCUT2D eigenvalue weighted by Crippen LogP contribution is -2.47. The summed E-state index contributed by atoms with van der Waals surface area (Å²) in [6.07, 6.45) is 1.89. The van der Waals surface area contributed by atoms with Crippen LogP contribution in [0.5, 0.6) is 5.75 Å². The minimum absolute atomic E-state index is 0. The van der Waals surface area contributed by atoms with E-state index in [-0.39, 0.29) is 30.0 Å². The van der Waals surface area contributed by atoms with Crippen LogP contribution in [0.1, 0.15) is 43.0 Å². The Labute approximate surface area is 195 Å². The molecule has 0 amide bonds. The Kier molecular flexibility index (Phi) is 9.83. The quantitative estimate of drug-likeness (QED) is 0.312. The van der Waals surface area contributed by atoms with Gasteiger partial charge in [0.25, 0.3) is 0 Å². The highest BCUT2D eigenvalue weighted by atomic mass is 127. The zero-order valence-electron chi connectivity index (χ0n) is 18.3. The maximum absolute atomic E-state index is 5.62. The summed E-state index contributed by atoms with van der Waals surface area (Å²) in [7, 11) is 1.66. The monoisotopic (exact) mass is 528 g/mol. The van der Waals surface area contributed by atoms with Crippen LogP contribution in [-0.4, -0.2) is 47.0 Å². The SMILES string of the molecule is CCNC(=NCc1ccc(OCC)c(C)c1)NC1CCc2nc(COC)nn2C1.I. The molecule has 2 N–H and O–H groups in total. The molecule has 0 bridgehead atoms. The molecule has 0 fully saturated rings. The maximum Gasteiger partial charge on any atom is 0.191 e. The fraction of sp³-hybridized carbons (Fsp3) is 0.571. The van der Waals surface area contributed by atoms with Crippen LogP contribution in [0, 0.1) is 6.92 Å². The summed E-state index contributed by atoms with van der Waals surface area (Å²) >= 11 is 0. The Bertz CT molecular complexity index is 839. The van der Waals surface area contributed by atoms with E-state index >= 15 is 0 Å². The smallest absolute Gasteiger partial charge is 0.191 e. The first-order valence-corrected chi connectivity index (χ1v) is 10.3. The van der Waals surface area contributed by atoms with Crippen molar-refractivity contribution in [2.75, 3.05) is 20.3 Å². The molecule has 2 aromatic rings. The molecular weight excluding hydrogens is 495 g/mol. The van der Waals surface area contributed by atoms with Crippen LogP contribution in [0.25, 0.3) is 0 Å². The molecule has 3 rings (SSSR count). The van der Waals surface area contributed by atoms with Gasteiger partial charge in [-0.1, -0.05) is 12.1 Å². The normalized spacial score (nSPS) is 15.9. The summed E-state index contributed by atoms with van der Waals surface area (Å²) in [5, 5.41) is 11.4. The van der Waals surface area contributed by atoms with Gasteiger partial charge in [0.15, 0.2) is 11.8 Å². The average Bonchev–Trinajstić information content (AvgIpc) is 3.10. The molecule has 0 spiro atoms. The molecule has 1 aromatic heterocycles. The van der Waals surface area contributed by atoms with E-state index in [0.717, 1.165) is 60.4 Å². The molecule has 1 unspecified atom stereocenters. The Morgan fingerprint density at radius 1 is 1.33 bits per heavy atom. The highest BCUT2D eigenvalue weighted by Crippen LogP contribution is 2.19. The van der Waals surface area contributed by atoms with Crippen LogP contribution in [0.4, 0.5) is 0 Å². The first-order valence-electron chi connectivity index (χ1n) is 10.3. The first kappa shape index (κ1) is 24.4. The van der Waals surface area contributed by atoms with E-state index in [1.807, 2.05) is 17.7 Å². The lowest BCUT2D eigenvalue weighted by molar-refractivity contribution is 0.177. The van der Waals surface area contributed by atoms with Crippen molar-refractivity contribution in [2.45, 2.75) is 59.4 Å². The minimum atomic E-state index is 0. The second kappa shape index (κ2) is 12.1. The van der Waals surface area contributed by atoms with Crippen molar-refractivity contribution in [2.24, 2.45) is 4.99 Å². The van der Waals surface area contributed by atoms with Gasteiger partial charge < -0.3 is 20.1 Å². The molecule has 1 aliphatic rings. The molecule has 1 atom stereocenters. The van der Waals surface area contributed by atoms with Crippen LogP contribution in [0.2, 0.25) is 0 Å². The number of ether oxygens (including phenoxy) is 2. The Balaban J connectivity index is 0.00000320. The summed E-state index contributed by atoms with van der Waals surface area (Å²) in [6.45, 7) is 9.47. The zero-order valence-corrected chi connectivity index (χ0v) is 20.6. The van der Waals surface area contributed by atoms with Gasteiger partial charge in [-0.15, -0.1) is 24.0 Å². The van der Waals surface area contributed by atoms with Crippen molar-refractivity contribution in [3.8, 4) is 5.75 Å². The molecule has 2 heterocycles. The molecule has 9 heteroatoms. The predicted octanol–water partition coefficient (Wildman–Crippen LogP) is 2.82. The van der Waals surface area contributed by atoms with Gasteiger partial charge in [-0.3, -0.25) is 0 Å². The molecule has 8 nitrogen and oxygen atoms in total. The lowest BCUT2D eigenvalue weighted by Gasteiger charge is -2.25. The third kappa shape index (κ3) is 6.56. The number of nitrogens with zero attached hydrogens (tertiary/aromatic N) is 4. The van der Waals surface area contributed by atoms with Crippen molar-refractivity contribution >= 4 is 29.9 Å². The number of fused-ring (bicyclic) bond motifs is 1. The summed E-state index contributed by atoms with van der Waals surface area (Å²) in [5.41, 5.74) is 2.30. The Hall–Kier alpha value is -1.88. The number of hydrogen-bond donors (Lipinski definition) is 2. The van der Waals surface area contributed by atoms with Crippen LogP contribution in [0.3, 0.4) is 0 Å². The number of guanidine groups is 1. The van der Waals surface area contributed by atoms with E-state index < -0.39 is 0 Å². The Morgan fingerprint density at radius 3 is 2.87 bits per heavy atom. The number of methoxy groups -OCH3 is 1. The number of nitrogens with one attached hydrogen (secondary N) is 2. The third-order valence-electron chi connectivity index (χ3n) is 4.82. The van der Waals surface area contributed by atoms with Gasteiger partial charge in [0.05, 0.1) is 19.7 Å². The number of aliphatic imine (C=N–C) groups is 1.